The van der Waals surface area contributed by atoms with Crippen LogP contribution in [-0.2, 0) is 4.79 Å². The molecule has 0 radical (unpaired) electrons. The van der Waals surface area contributed by atoms with Crippen molar-refractivity contribution in [1.82, 2.24) is 9.21 Å². The number of piperazine rings is 1. The Balaban J connectivity index is 0.000000266. The van der Waals surface area contributed by atoms with Crippen LogP contribution in [0.2, 0.25) is 0 Å². The first-order valence-corrected chi connectivity index (χ1v) is 14.0. The van der Waals surface area contributed by atoms with Gasteiger partial charge in [0, 0.05) is 26.2 Å². The van der Waals surface area contributed by atoms with Crippen molar-refractivity contribution in [2.75, 3.05) is 39.9 Å². The van der Waals surface area contributed by atoms with E-state index in [0.717, 1.165) is 43.4 Å². The van der Waals surface area contributed by atoms with E-state index in [2.05, 4.69) is 45.7 Å². The Morgan fingerprint density at radius 3 is 2.41 bits per heavy atom. The molecule has 1 saturated heterocycles. The smallest absolute Gasteiger partial charge is 0.260 e. The number of benzene rings is 2. The van der Waals surface area contributed by atoms with E-state index in [1.165, 1.54) is 50.8 Å². The normalized spacial score (nSPS) is 19.9. The molecule has 2 fully saturated rings. The molecule has 1 aliphatic heterocycles. The number of nitrogens with zero attached hydrogens (tertiary/aromatic N) is 2. The summed E-state index contributed by atoms with van der Waals surface area (Å²) in [5.41, 5.74) is 2.51. The molecule has 0 bridgehead atoms. The third kappa shape index (κ3) is 8.92. The molecule has 1 amide bonds. The molecule has 7 heteroatoms. The number of methoxy groups -OCH3 is 1. The minimum Gasteiger partial charge on any atom is -0.494 e. The second-order valence-corrected chi connectivity index (χ2v) is 11.0. The maximum absolute atomic E-state index is 12.9. The Kier molecular flexibility index (Phi) is 11.6. The first kappa shape index (κ1) is 29.3. The summed E-state index contributed by atoms with van der Waals surface area (Å²) in [4.78, 5) is 14.1. The van der Waals surface area contributed by atoms with E-state index in [1.54, 1.807) is 12.1 Å². The molecule has 5 nitrogen and oxygen atoms in total. The van der Waals surface area contributed by atoms with Gasteiger partial charge in [-0.05, 0) is 72.4 Å². The van der Waals surface area contributed by atoms with E-state index >= 15 is 0 Å². The van der Waals surface area contributed by atoms with Crippen molar-refractivity contribution in [2.45, 2.75) is 64.7 Å². The number of carbonyl (C=O) groups is 1. The molecule has 1 heterocycles. The number of rotatable bonds is 8. The highest BCUT2D eigenvalue weighted by atomic mass is 32.1. The van der Waals surface area contributed by atoms with Gasteiger partial charge in [0.15, 0.2) is 18.2 Å². The Hall–Kier alpha value is -2.25. The van der Waals surface area contributed by atoms with Crippen molar-refractivity contribution in [3.05, 3.63) is 59.4 Å². The number of hydrogen-bond acceptors (Lipinski definition) is 5. The molecular weight excluding hydrogens is 487 g/mol. The summed E-state index contributed by atoms with van der Waals surface area (Å²) in [7, 11) is 1.47. The van der Waals surface area contributed by atoms with Crippen LogP contribution in [0, 0.1) is 11.7 Å². The summed E-state index contributed by atoms with van der Waals surface area (Å²) in [6, 6.07) is 13.3. The van der Waals surface area contributed by atoms with Crippen LogP contribution in [0.25, 0.3) is 0 Å². The van der Waals surface area contributed by atoms with Crippen LogP contribution < -0.4 is 9.47 Å². The Morgan fingerprint density at radius 2 is 1.78 bits per heavy atom. The number of halogens is 1. The second kappa shape index (κ2) is 14.6. The van der Waals surface area contributed by atoms with Crippen LogP contribution in [0.1, 0.15) is 75.8 Å². The Morgan fingerprint density at radius 1 is 1.08 bits per heavy atom. The first-order chi connectivity index (χ1) is 17.8. The summed E-state index contributed by atoms with van der Waals surface area (Å²) in [6.45, 7) is 9.59. The SMILES string of the molecule is CCCC1CCC(c2ccc(OCC(=O)N3CCN(S)CC3)cc2)C1.COc1cc(C(C)C)ccc1F. The molecule has 2 atom stereocenters. The number of hydrogen-bond donors (Lipinski definition) is 1. The third-order valence-corrected chi connectivity index (χ3v) is 7.80. The molecule has 4 rings (SSSR count). The van der Waals surface area contributed by atoms with Crippen LogP contribution in [0.15, 0.2) is 42.5 Å². The molecule has 2 aromatic rings. The molecule has 204 valence electrons. The van der Waals surface area contributed by atoms with Crippen molar-refractivity contribution in [3.8, 4) is 11.5 Å². The third-order valence-electron chi connectivity index (χ3n) is 7.40. The molecule has 2 unspecified atom stereocenters. The lowest BCUT2D eigenvalue weighted by atomic mass is 9.95. The van der Waals surface area contributed by atoms with Gasteiger partial charge in [-0.2, -0.15) is 0 Å². The quantitative estimate of drug-likeness (QED) is 0.386. The Labute approximate surface area is 227 Å². The fourth-order valence-electron chi connectivity index (χ4n) is 5.10. The fraction of sp³-hybridized carbons (Fsp3) is 0.567. The molecule has 2 aromatic carbocycles. The van der Waals surface area contributed by atoms with Gasteiger partial charge in [0.25, 0.3) is 5.91 Å². The van der Waals surface area contributed by atoms with Crippen molar-refractivity contribution < 1.29 is 18.7 Å². The van der Waals surface area contributed by atoms with Gasteiger partial charge in [0.1, 0.15) is 5.75 Å². The average Bonchev–Trinajstić information content (AvgIpc) is 3.37. The molecule has 0 aromatic heterocycles. The largest absolute Gasteiger partial charge is 0.494 e. The monoisotopic (exact) mass is 530 g/mol. The predicted molar refractivity (Wildman–Crippen MR) is 151 cm³/mol. The molecular formula is C30H43FN2O3S. The number of amides is 1. The zero-order valence-corrected chi connectivity index (χ0v) is 23.7. The van der Waals surface area contributed by atoms with Gasteiger partial charge in [-0.1, -0.05) is 64.6 Å². The second-order valence-electron chi connectivity index (χ2n) is 10.4. The summed E-state index contributed by atoms with van der Waals surface area (Å²) in [5.74, 6) is 2.87. The van der Waals surface area contributed by atoms with Gasteiger partial charge in [0.05, 0.1) is 7.11 Å². The van der Waals surface area contributed by atoms with Gasteiger partial charge in [-0.3, -0.25) is 4.79 Å². The highest BCUT2D eigenvalue weighted by Crippen LogP contribution is 2.40. The summed E-state index contributed by atoms with van der Waals surface area (Å²) in [5, 5.41) is 0. The van der Waals surface area contributed by atoms with Gasteiger partial charge < -0.3 is 14.4 Å². The van der Waals surface area contributed by atoms with Crippen molar-refractivity contribution in [1.29, 1.82) is 0 Å². The van der Waals surface area contributed by atoms with Gasteiger partial charge >= 0.3 is 0 Å². The molecule has 2 aliphatic rings. The van der Waals surface area contributed by atoms with E-state index in [4.69, 9.17) is 9.47 Å². The van der Waals surface area contributed by atoms with Gasteiger partial charge in [-0.25, -0.2) is 8.70 Å². The van der Waals surface area contributed by atoms with E-state index < -0.39 is 0 Å². The predicted octanol–water partition coefficient (Wildman–Crippen LogP) is 6.70. The number of thiol groups is 1. The fourth-order valence-corrected chi connectivity index (χ4v) is 5.28. The Bertz CT molecular complexity index is 977. The van der Waals surface area contributed by atoms with Crippen LogP contribution >= 0.6 is 12.8 Å². The van der Waals surface area contributed by atoms with E-state index in [9.17, 15) is 9.18 Å². The lowest BCUT2D eigenvalue weighted by Gasteiger charge is -2.31. The maximum atomic E-state index is 12.9. The van der Waals surface area contributed by atoms with Crippen LogP contribution in [-0.4, -0.2) is 55.0 Å². The lowest BCUT2D eigenvalue weighted by molar-refractivity contribution is -0.134. The topological polar surface area (TPSA) is 42.0 Å². The van der Waals surface area contributed by atoms with Gasteiger partial charge in [-0.15, -0.1) is 0 Å². The van der Waals surface area contributed by atoms with Crippen molar-refractivity contribution in [3.63, 3.8) is 0 Å². The standard InChI is InChI=1S/C20H30N2O2S.C10H13FO/c1-2-3-16-4-5-18(14-16)17-6-8-19(9-7-17)24-15-20(23)21-10-12-22(25)13-11-21;1-7(2)8-4-5-9(11)10(6-8)12-3/h6-9,16,18,25H,2-5,10-15H2,1H3;4-7H,1-3H3. The summed E-state index contributed by atoms with van der Waals surface area (Å²) in [6.07, 6.45) is 6.65. The van der Waals surface area contributed by atoms with E-state index in [-0.39, 0.29) is 18.3 Å². The minimum absolute atomic E-state index is 0.0590. The van der Waals surface area contributed by atoms with E-state index in [1.807, 2.05) is 21.3 Å². The zero-order valence-electron chi connectivity index (χ0n) is 22.8. The minimum atomic E-state index is -0.304. The van der Waals surface area contributed by atoms with Crippen molar-refractivity contribution in [2.24, 2.45) is 5.92 Å². The first-order valence-electron chi connectivity index (χ1n) is 13.6. The molecule has 1 aliphatic carbocycles. The highest BCUT2D eigenvalue weighted by Gasteiger charge is 2.25. The number of ether oxygens (including phenoxy) is 2. The molecule has 1 saturated carbocycles. The maximum Gasteiger partial charge on any atom is 0.260 e. The summed E-state index contributed by atoms with van der Waals surface area (Å²) < 4.78 is 25.4. The molecule has 0 N–H and O–H groups in total. The average molecular weight is 531 g/mol. The van der Waals surface area contributed by atoms with Gasteiger partial charge in [0.2, 0.25) is 0 Å². The van der Waals surface area contributed by atoms with Crippen LogP contribution in [0.3, 0.4) is 0 Å². The lowest BCUT2D eigenvalue weighted by Crippen LogP contribution is -2.47. The summed E-state index contributed by atoms with van der Waals surface area (Å²) >= 11 is 4.31. The van der Waals surface area contributed by atoms with E-state index in [0.29, 0.717) is 17.6 Å². The number of carbonyl (C=O) groups excluding carboxylic acids is 1. The van der Waals surface area contributed by atoms with Crippen LogP contribution in [0.4, 0.5) is 4.39 Å². The zero-order chi connectivity index (χ0) is 26.8. The highest BCUT2D eigenvalue weighted by molar-refractivity contribution is 7.77. The molecule has 0 spiro atoms. The van der Waals surface area contributed by atoms with Crippen molar-refractivity contribution >= 4 is 18.7 Å². The molecule has 37 heavy (non-hydrogen) atoms. The van der Waals surface area contributed by atoms with Crippen LogP contribution in [0.5, 0.6) is 11.5 Å².